The van der Waals surface area contributed by atoms with Gasteiger partial charge in [0.05, 0.1) is 11.8 Å². The van der Waals surface area contributed by atoms with E-state index < -0.39 is 54.3 Å². The predicted molar refractivity (Wildman–Crippen MR) is 68.2 cm³/mol. The van der Waals surface area contributed by atoms with Gasteiger partial charge in [0.15, 0.2) is 0 Å². The normalized spacial score (nSPS) is 13.3. The summed E-state index contributed by atoms with van der Waals surface area (Å²) < 4.78 is 85.1. The Morgan fingerprint density at radius 3 is 1.88 bits per heavy atom. The third-order valence-corrected chi connectivity index (χ3v) is 3.25. The van der Waals surface area contributed by atoms with Crippen LogP contribution in [0.4, 0.5) is 26.3 Å². The third kappa shape index (κ3) is 4.98. The van der Waals surface area contributed by atoms with Crippen LogP contribution in [0.3, 0.4) is 0 Å². The van der Waals surface area contributed by atoms with Crippen molar-refractivity contribution >= 4 is 17.9 Å². The van der Waals surface area contributed by atoms with E-state index in [9.17, 15) is 40.7 Å². The first kappa shape index (κ1) is 23.0. The summed E-state index contributed by atoms with van der Waals surface area (Å²) >= 11 is 0. The highest BCUT2D eigenvalue weighted by Gasteiger charge is 2.78. The van der Waals surface area contributed by atoms with Crippen LogP contribution in [0, 0.1) is 5.41 Å². The Morgan fingerprint density at radius 1 is 1.00 bits per heavy atom. The van der Waals surface area contributed by atoms with E-state index >= 15 is 0 Å². The zero-order valence-electron chi connectivity index (χ0n) is 13.4. The summed E-state index contributed by atoms with van der Waals surface area (Å²) in [6.45, 7) is 3.78. The van der Waals surface area contributed by atoms with Gasteiger partial charge in [-0.15, -0.1) is 0 Å². The molecule has 0 saturated carbocycles. The second-order valence-electron chi connectivity index (χ2n) is 5.57. The Kier molecular flexibility index (Phi) is 6.88. The maximum absolute atomic E-state index is 13.1. The molecule has 0 radical (unpaired) electrons. The molecule has 6 nitrogen and oxygen atoms in total. The van der Waals surface area contributed by atoms with Crippen LogP contribution >= 0.6 is 0 Å². The number of aliphatic carboxylic acids is 1. The molecule has 0 bridgehead atoms. The quantitative estimate of drug-likeness (QED) is 0.487. The van der Waals surface area contributed by atoms with Gasteiger partial charge in [-0.25, -0.2) is 4.79 Å². The molecule has 146 valence electrons. The molecule has 0 aliphatic heterocycles. The van der Waals surface area contributed by atoms with Crippen LogP contribution in [0.15, 0.2) is 0 Å². The molecule has 1 N–H and O–H groups in total. The number of carboxylic acid groups (broad SMARTS) is 1. The fourth-order valence-corrected chi connectivity index (χ4v) is 1.14. The van der Waals surface area contributed by atoms with E-state index in [-0.39, 0.29) is 0 Å². The maximum atomic E-state index is 13.1. The maximum Gasteiger partial charge on any atom is 0.473 e. The van der Waals surface area contributed by atoms with Gasteiger partial charge in [-0.05, 0) is 20.3 Å². The van der Waals surface area contributed by atoms with Crippen LogP contribution in [-0.2, 0) is 23.9 Å². The smallest absolute Gasteiger partial charge is 0.473 e. The summed E-state index contributed by atoms with van der Waals surface area (Å²) in [4.78, 5) is 32.6. The van der Waals surface area contributed by atoms with E-state index in [2.05, 4.69) is 9.47 Å². The fourth-order valence-electron chi connectivity index (χ4n) is 1.14. The Hall–Kier alpha value is -2.01. The van der Waals surface area contributed by atoms with Crippen molar-refractivity contribution < 1.29 is 55.3 Å². The lowest BCUT2D eigenvalue weighted by Gasteiger charge is -2.29. The molecule has 0 aliphatic carbocycles. The topological polar surface area (TPSA) is 89.9 Å². The minimum Gasteiger partial charge on any atom is -0.477 e. The van der Waals surface area contributed by atoms with Crippen LogP contribution in [0.5, 0.6) is 0 Å². The van der Waals surface area contributed by atoms with Gasteiger partial charge in [0.25, 0.3) is 0 Å². The van der Waals surface area contributed by atoms with Gasteiger partial charge in [-0.3, -0.25) is 9.59 Å². The van der Waals surface area contributed by atoms with Gasteiger partial charge in [0.2, 0.25) is 0 Å². The van der Waals surface area contributed by atoms with Crippen molar-refractivity contribution in [3.05, 3.63) is 0 Å². The largest absolute Gasteiger partial charge is 0.477 e. The van der Waals surface area contributed by atoms with E-state index in [1.54, 1.807) is 6.92 Å². The van der Waals surface area contributed by atoms with Crippen LogP contribution < -0.4 is 0 Å². The molecule has 0 aromatic carbocycles. The first-order valence-corrected chi connectivity index (χ1v) is 6.79. The molecule has 0 aromatic rings. The lowest BCUT2D eigenvalue weighted by molar-refractivity contribution is -0.378. The van der Waals surface area contributed by atoms with Crippen LogP contribution in [0.25, 0.3) is 0 Å². The highest BCUT2D eigenvalue weighted by atomic mass is 19.3. The number of ether oxygens (including phenoxy) is 2. The van der Waals surface area contributed by atoms with Gasteiger partial charge >= 0.3 is 35.9 Å². The monoisotopic (exact) mass is 382 g/mol. The van der Waals surface area contributed by atoms with Crippen molar-refractivity contribution in [2.75, 3.05) is 6.61 Å². The Labute approximate surface area is 138 Å². The number of halogens is 6. The van der Waals surface area contributed by atoms with Crippen LogP contribution in [0.2, 0.25) is 0 Å². The highest BCUT2D eigenvalue weighted by molar-refractivity contribution is 5.77. The molecule has 0 amide bonds. The number of carbonyl (C=O) groups excluding carboxylic acids is 2. The summed E-state index contributed by atoms with van der Waals surface area (Å²) in [7, 11) is 0. The second-order valence-corrected chi connectivity index (χ2v) is 5.57. The molecular weight excluding hydrogens is 366 g/mol. The standard InChI is InChI=1S/C13H16F6O6/c1-4-10(2,3)9(23)24-6-5-7(20)25-13(18,19)12(16,17)11(14,15)8(21)22/h4-6H2,1-3H3,(H,21,22). The van der Waals surface area contributed by atoms with Gasteiger partial charge in [0, 0.05) is 0 Å². The molecule has 0 rings (SSSR count). The van der Waals surface area contributed by atoms with Crippen molar-refractivity contribution in [3.63, 3.8) is 0 Å². The van der Waals surface area contributed by atoms with E-state index in [4.69, 9.17) is 5.11 Å². The summed E-state index contributed by atoms with van der Waals surface area (Å²) in [5.74, 6) is -19.1. The number of esters is 2. The van der Waals surface area contributed by atoms with Gasteiger partial charge in [-0.1, -0.05) is 6.92 Å². The molecule has 12 heteroatoms. The molecule has 0 spiro atoms. The van der Waals surface area contributed by atoms with Crippen molar-refractivity contribution in [1.29, 1.82) is 0 Å². The molecule has 25 heavy (non-hydrogen) atoms. The van der Waals surface area contributed by atoms with E-state index in [0.717, 1.165) is 0 Å². The van der Waals surface area contributed by atoms with Crippen molar-refractivity contribution in [3.8, 4) is 0 Å². The van der Waals surface area contributed by atoms with Gasteiger partial charge < -0.3 is 14.6 Å². The van der Waals surface area contributed by atoms with Crippen molar-refractivity contribution in [2.24, 2.45) is 5.41 Å². The van der Waals surface area contributed by atoms with E-state index in [1.807, 2.05) is 0 Å². The molecule has 0 unspecified atom stereocenters. The van der Waals surface area contributed by atoms with Gasteiger partial charge in [0.1, 0.15) is 6.61 Å². The van der Waals surface area contributed by atoms with Gasteiger partial charge in [-0.2, -0.15) is 26.3 Å². The lowest BCUT2D eigenvalue weighted by Crippen LogP contribution is -2.59. The zero-order chi connectivity index (χ0) is 20.3. The Morgan fingerprint density at radius 2 is 1.48 bits per heavy atom. The Balaban J connectivity index is 4.84. The minimum absolute atomic E-state index is 0.338. The number of carboxylic acids is 1. The number of hydrogen-bond acceptors (Lipinski definition) is 5. The Bertz CT molecular complexity index is 531. The molecular formula is C13H16F6O6. The van der Waals surface area contributed by atoms with Crippen LogP contribution in [0.1, 0.15) is 33.6 Å². The number of carbonyl (C=O) groups is 3. The number of hydrogen-bond donors (Lipinski definition) is 1. The molecule has 0 aromatic heterocycles. The summed E-state index contributed by atoms with van der Waals surface area (Å²) in [5, 5.41) is 7.92. The number of rotatable bonds is 9. The lowest BCUT2D eigenvalue weighted by atomic mass is 9.91. The van der Waals surface area contributed by atoms with Crippen LogP contribution in [-0.4, -0.2) is 47.6 Å². The summed E-state index contributed by atoms with van der Waals surface area (Å²) in [6, 6.07) is 0. The number of alkyl halides is 6. The zero-order valence-corrected chi connectivity index (χ0v) is 13.4. The summed E-state index contributed by atoms with van der Waals surface area (Å²) in [5.41, 5.74) is -0.954. The minimum atomic E-state index is -6.50. The first-order chi connectivity index (χ1) is 11.0. The van der Waals surface area contributed by atoms with Crippen molar-refractivity contribution in [2.45, 2.75) is 51.6 Å². The molecule has 0 atom stereocenters. The third-order valence-electron chi connectivity index (χ3n) is 3.25. The SMILES string of the molecule is CCC(C)(C)C(=O)OCCC(=O)OC(F)(F)C(F)(F)C(F)(F)C(=O)O. The average Bonchev–Trinajstić information content (AvgIpc) is 2.45. The molecule has 0 fully saturated rings. The highest BCUT2D eigenvalue weighted by Crippen LogP contribution is 2.46. The predicted octanol–water partition coefficient (Wildman–Crippen LogP) is 2.85. The van der Waals surface area contributed by atoms with E-state index in [0.29, 0.717) is 6.42 Å². The molecule has 0 saturated heterocycles. The summed E-state index contributed by atoms with van der Waals surface area (Å²) in [6.07, 6.45) is -6.89. The first-order valence-electron chi connectivity index (χ1n) is 6.79. The fraction of sp³-hybridized carbons (Fsp3) is 0.769. The average molecular weight is 382 g/mol. The van der Waals surface area contributed by atoms with E-state index in [1.165, 1.54) is 13.8 Å². The van der Waals surface area contributed by atoms with Crippen molar-refractivity contribution in [1.82, 2.24) is 0 Å². The molecule has 0 heterocycles. The second kappa shape index (κ2) is 7.48. The molecule has 0 aliphatic rings.